The summed E-state index contributed by atoms with van der Waals surface area (Å²) in [6.07, 6.45) is 0.494. The van der Waals surface area contributed by atoms with Crippen molar-refractivity contribution in [1.82, 2.24) is 0 Å². The van der Waals surface area contributed by atoms with E-state index in [0.29, 0.717) is 12.3 Å². The molecule has 0 aliphatic carbocycles. The molecule has 12 heteroatoms. The molecule has 0 radical (unpaired) electrons. The van der Waals surface area contributed by atoms with Crippen molar-refractivity contribution in [1.29, 1.82) is 0 Å². The van der Waals surface area contributed by atoms with Gasteiger partial charge in [0, 0.05) is 16.7 Å². The number of nitrogens with zero attached hydrogens (tertiary/aromatic N) is 1. The minimum Gasteiger partial charge on any atom is -0.456 e. The lowest BCUT2D eigenvalue weighted by atomic mass is 10.2. The number of benzene rings is 2. The first kappa shape index (κ1) is 20.5. The van der Waals surface area contributed by atoms with E-state index in [1.165, 1.54) is 6.07 Å². The molecule has 0 aliphatic heterocycles. The minimum absolute atomic E-state index is 0.00420. The van der Waals surface area contributed by atoms with Crippen LogP contribution in [0.1, 0.15) is 5.56 Å². The third-order valence-electron chi connectivity index (χ3n) is 2.95. The van der Waals surface area contributed by atoms with Gasteiger partial charge < -0.3 is 9.94 Å². The largest absolute Gasteiger partial charge is 0.501 e. The van der Waals surface area contributed by atoms with E-state index in [4.69, 9.17) is 21.5 Å². The number of rotatable bonds is 4. The normalized spacial score (nSPS) is 12.5. The van der Waals surface area contributed by atoms with Crippen LogP contribution in [-0.2, 0) is 9.84 Å². The second kappa shape index (κ2) is 7.41. The minimum atomic E-state index is -5.72. The number of hydrogen-bond donors (Lipinski definition) is 1. The SMILES string of the molecule is O=S(=O)(c1ccc(Oc2cc(F)cc(Cl)c2)c(Br)c1/C=N/O)C(F)(F)F. The molecule has 0 saturated carbocycles. The summed E-state index contributed by atoms with van der Waals surface area (Å²) < 4.78 is 80.2. The van der Waals surface area contributed by atoms with Gasteiger partial charge in [0.05, 0.1) is 15.6 Å². The lowest BCUT2D eigenvalue weighted by Gasteiger charge is -2.15. The van der Waals surface area contributed by atoms with Gasteiger partial charge in [-0.25, -0.2) is 12.8 Å². The number of halogens is 6. The zero-order chi connectivity index (χ0) is 19.7. The van der Waals surface area contributed by atoms with Crippen molar-refractivity contribution in [2.24, 2.45) is 5.16 Å². The predicted octanol–water partition coefficient (Wildman–Crippen LogP) is 5.14. The summed E-state index contributed by atoms with van der Waals surface area (Å²) in [5.74, 6) is -0.978. The van der Waals surface area contributed by atoms with Crippen molar-refractivity contribution in [3.05, 3.63) is 51.2 Å². The molecular formula is C14H7BrClF4NO4S. The van der Waals surface area contributed by atoms with Crippen LogP contribution in [-0.4, -0.2) is 25.3 Å². The van der Waals surface area contributed by atoms with Crippen molar-refractivity contribution < 1.29 is 35.9 Å². The number of oxime groups is 1. The van der Waals surface area contributed by atoms with Gasteiger partial charge in [-0.05, 0) is 40.2 Å². The molecule has 140 valence electrons. The monoisotopic (exact) mass is 475 g/mol. The molecule has 0 atom stereocenters. The molecule has 2 rings (SSSR count). The molecule has 2 aromatic carbocycles. The van der Waals surface area contributed by atoms with Gasteiger partial charge in [-0.3, -0.25) is 0 Å². The number of ether oxygens (including phenoxy) is 1. The van der Waals surface area contributed by atoms with E-state index in [9.17, 15) is 26.0 Å². The first-order valence-corrected chi connectivity index (χ1v) is 9.08. The van der Waals surface area contributed by atoms with Crippen molar-refractivity contribution >= 4 is 43.6 Å². The van der Waals surface area contributed by atoms with Crippen molar-refractivity contribution in [2.45, 2.75) is 10.4 Å². The molecule has 2 aromatic rings. The highest BCUT2D eigenvalue weighted by Crippen LogP contribution is 2.39. The molecular weight excluding hydrogens is 470 g/mol. The number of alkyl halides is 3. The predicted molar refractivity (Wildman–Crippen MR) is 88.2 cm³/mol. The Hall–Kier alpha value is -1.85. The van der Waals surface area contributed by atoms with Gasteiger partial charge in [-0.1, -0.05) is 16.8 Å². The Labute approximate surface area is 157 Å². The van der Waals surface area contributed by atoms with Crippen LogP contribution < -0.4 is 4.74 Å². The topological polar surface area (TPSA) is 76.0 Å². The summed E-state index contributed by atoms with van der Waals surface area (Å²) in [6, 6.07) is 4.75. The van der Waals surface area contributed by atoms with E-state index < -0.39 is 31.6 Å². The van der Waals surface area contributed by atoms with Crippen LogP contribution in [0.5, 0.6) is 11.5 Å². The van der Waals surface area contributed by atoms with Crippen LogP contribution in [0, 0.1) is 5.82 Å². The lowest BCUT2D eigenvalue weighted by molar-refractivity contribution is -0.0436. The molecule has 5 nitrogen and oxygen atoms in total. The summed E-state index contributed by atoms with van der Waals surface area (Å²) >= 11 is 8.58. The van der Waals surface area contributed by atoms with Gasteiger partial charge in [0.2, 0.25) is 0 Å². The lowest BCUT2D eigenvalue weighted by Crippen LogP contribution is -2.24. The Morgan fingerprint density at radius 1 is 1.23 bits per heavy atom. The molecule has 0 spiro atoms. The van der Waals surface area contributed by atoms with E-state index in [2.05, 4.69) is 21.1 Å². The van der Waals surface area contributed by atoms with Crippen molar-refractivity contribution in [3.63, 3.8) is 0 Å². The van der Waals surface area contributed by atoms with E-state index in [1.807, 2.05) is 0 Å². The van der Waals surface area contributed by atoms with E-state index in [1.54, 1.807) is 0 Å². The fourth-order valence-corrected chi connectivity index (χ4v) is 3.70. The van der Waals surface area contributed by atoms with Gasteiger partial charge in [-0.15, -0.1) is 0 Å². The van der Waals surface area contributed by atoms with Gasteiger partial charge >= 0.3 is 5.51 Å². The van der Waals surface area contributed by atoms with E-state index >= 15 is 0 Å². The molecule has 0 heterocycles. The van der Waals surface area contributed by atoms with Crippen LogP contribution in [0.2, 0.25) is 5.02 Å². The fraction of sp³-hybridized carbons (Fsp3) is 0.0714. The molecule has 0 bridgehead atoms. The Balaban J connectivity index is 2.60. The summed E-state index contributed by atoms with van der Waals surface area (Å²) in [5, 5.41) is 11.2. The molecule has 0 unspecified atom stereocenters. The molecule has 0 aliphatic rings. The maximum absolute atomic E-state index is 13.3. The van der Waals surface area contributed by atoms with Crippen molar-refractivity contribution in [2.75, 3.05) is 0 Å². The van der Waals surface area contributed by atoms with Crippen LogP contribution in [0.3, 0.4) is 0 Å². The van der Waals surface area contributed by atoms with E-state index in [-0.39, 0.29) is 21.0 Å². The highest BCUT2D eigenvalue weighted by Gasteiger charge is 2.48. The number of sulfone groups is 1. The molecule has 0 amide bonds. The summed E-state index contributed by atoms with van der Waals surface area (Å²) in [6.45, 7) is 0. The maximum atomic E-state index is 13.3. The number of hydrogen-bond acceptors (Lipinski definition) is 5. The average molecular weight is 477 g/mol. The summed E-state index contributed by atoms with van der Waals surface area (Å²) in [5.41, 5.74) is -6.17. The zero-order valence-electron chi connectivity index (χ0n) is 12.3. The quantitative estimate of drug-likeness (QED) is 0.287. The molecule has 0 saturated heterocycles. The summed E-state index contributed by atoms with van der Waals surface area (Å²) in [7, 11) is -5.72. The Morgan fingerprint density at radius 2 is 1.88 bits per heavy atom. The highest BCUT2D eigenvalue weighted by atomic mass is 79.9. The highest BCUT2D eigenvalue weighted by molar-refractivity contribution is 9.10. The van der Waals surface area contributed by atoms with E-state index in [0.717, 1.165) is 18.2 Å². The van der Waals surface area contributed by atoms with Crippen LogP contribution >= 0.6 is 27.5 Å². The zero-order valence-corrected chi connectivity index (χ0v) is 15.4. The smallest absolute Gasteiger partial charge is 0.456 e. The van der Waals surface area contributed by atoms with Gasteiger partial charge in [-0.2, -0.15) is 13.2 Å². The standard InChI is InChI=1S/C14H7BrClF4NO4S/c15-13-10(6-21-22)12(26(23,24)14(18,19)20)2-1-11(13)25-9-4-7(16)3-8(17)5-9/h1-6,22H/b21-6+. The van der Waals surface area contributed by atoms with Crippen molar-refractivity contribution in [3.8, 4) is 11.5 Å². The van der Waals surface area contributed by atoms with Crippen LogP contribution in [0.15, 0.2) is 44.9 Å². The summed E-state index contributed by atoms with van der Waals surface area (Å²) in [4.78, 5) is -1.15. The van der Waals surface area contributed by atoms with Gasteiger partial charge in [0.1, 0.15) is 17.3 Å². The average Bonchev–Trinajstić information content (AvgIpc) is 2.49. The Morgan fingerprint density at radius 3 is 2.42 bits per heavy atom. The molecule has 0 aromatic heterocycles. The Kier molecular flexibility index (Phi) is 5.83. The molecule has 1 N–H and O–H groups in total. The fourth-order valence-electron chi connectivity index (χ4n) is 1.89. The third kappa shape index (κ3) is 4.10. The first-order valence-electron chi connectivity index (χ1n) is 6.42. The second-order valence-corrected chi connectivity index (χ2v) is 7.83. The Bertz CT molecular complexity index is 959. The molecule has 0 fully saturated rings. The van der Waals surface area contributed by atoms with Gasteiger partial charge in [0.15, 0.2) is 0 Å². The maximum Gasteiger partial charge on any atom is 0.501 e. The van der Waals surface area contributed by atoms with Crippen LogP contribution in [0.25, 0.3) is 0 Å². The van der Waals surface area contributed by atoms with Crippen LogP contribution in [0.4, 0.5) is 17.6 Å². The molecule has 26 heavy (non-hydrogen) atoms. The second-order valence-electron chi connectivity index (χ2n) is 4.69. The van der Waals surface area contributed by atoms with Gasteiger partial charge in [0.25, 0.3) is 9.84 Å². The third-order valence-corrected chi connectivity index (χ3v) is 5.53. The first-order chi connectivity index (χ1) is 12.0.